The molecule has 11 nitrogen and oxygen atoms in total. The summed E-state index contributed by atoms with van der Waals surface area (Å²) < 4.78 is 30.9. The molecule has 2 N–H and O–H groups in total. The number of carbonyl (C=O) groups excluding carboxylic acids is 2. The minimum Gasteiger partial charge on any atom is -0.502 e. The van der Waals surface area contributed by atoms with Gasteiger partial charge >= 0.3 is 0 Å². The average molecular weight is 465 g/mol. The van der Waals surface area contributed by atoms with E-state index in [1.807, 2.05) is 0 Å². The van der Waals surface area contributed by atoms with Gasteiger partial charge in [-0.15, -0.1) is 0 Å². The Morgan fingerprint density at radius 3 is 2.56 bits per heavy atom. The van der Waals surface area contributed by atoms with Crippen LogP contribution in [0.15, 0.2) is 46.2 Å². The van der Waals surface area contributed by atoms with Crippen molar-refractivity contribution < 1.29 is 27.9 Å². The lowest BCUT2D eigenvalue weighted by molar-refractivity contribution is 0.0629. The summed E-state index contributed by atoms with van der Waals surface area (Å²) in [5.74, 6) is -2.65. The molecule has 32 heavy (non-hydrogen) atoms. The van der Waals surface area contributed by atoms with E-state index in [0.717, 1.165) is 6.20 Å². The zero-order chi connectivity index (χ0) is 23.5. The van der Waals surface area contributed by atoms with Crippen molar-refractivity contribution in [2.45, 2.75) is 4.90 Å². The van der Waals surface area contributed by atoms with Crippen LogP contribution in [0.5, 0.6) is 5.75 Å². The second-order valence-electron chi connectivity index (χ2n) is 7.16. The first kappa shape index (κ1) is 23.3. The van der Waals surface area contributed by atoms with E-state index in [-0.39, 0.29) is 42.7 Å². The van der Waals surface area contributed by atoms with Crippen molar-refractivity contribution in [3.05, 3.63) is 58.0 Å². The summed E-state index contributed by atoms with van der Waals surface area (Å²) in [4.78, 5) is 39.4. The van der Waals surface area contributed by atoms with Gasteiger partial charge in [0.2, 0.25) is 5.43 Å². The van der Waals surface area contributed by atoms with Crippen LogP contribution < -0.4 is 15.8 Å². The molecular formula is C20H24N4O7S. The third-order valence-corrected chi connectivity index (χ3v) is 6.70. The van der Waals surface area contributed by atoms with Gasteiger partial charge in [0.25, 0.3) is 11.8 Å². The fourth-order valence-corrected chi connectivity index (χ4v) is 4.44. The summed E-state index contributed by atoms with van der Waals surface area (Å²) in [6.07, 6.45) is 1.16. The quantitative estimate of drug-likeness (QED) is 0.527. The number of ether oxygens (including phenoxy) is 1. The molecule has 2 aromatic rings. The number of pyridine rings is 1. The van der Waals surface area contributed by atoms with Gasteiger partial charge in [0.05, 0.1) is 17.3 Å². The summed E-state index contributed by atoms with van der Waals surface area (Å²) in [7, 11) is -0.508. The maximum Gasteiger partial charge on any atom is 0.277 e. The van der Waals surface area contributed by atoms with Gasteiger partial charge in [-0.05, 0) is 12.1 Å². The van der Waals surface area contributed by atoms with E-state index >= 15 is 0 Å². The molecule has 1 aliphatic rings. The Balaban J connectivity index is 1.79. The predicted octanol–water partition coefficient (Wildman–Crippen LogP) is -0.615. The minimum absolute atomic E-state index is 0.124. The van der Waals surface area contributed by atoms with Crippen molar-refractivity contribution >= 4 is 21.7 Å². The molecule has 0 fully saturated rings. The zero-order valence-corrected chi connectivity index (χ0v) is 18.5. The number of aromatic nitrogens is 1. The highest BCUT2D eigenvalue weighted by molar-refractivity contribution is 7.91. The number of amides is 2. The monoisotopic (exact) mass is 464 g/mol. The number of nitrogens with zero attached hydrogens (tertiary/aromatic N) is 3. The summed E-state index contributed by atoms with van der Waals surface area (Å²) in [5.41, 5.74) is -1.69. The van der Waals surface area contributed by atoms with Gasteiger partial charge in [-0.2, -0.15) is 0 Å². The van der Waals surface area contributed by atoms with Crippen LogP contribution in [0.4, 0.5) is 0 Å². The van der Waals surface area contributed by atoms with Gasteiger partial charge in [0.1, 0.15) is 12.2 Å². The van der Waals surface area contributed by atoms with Gasteiger partial charge in [0, 0.05) is 33.4 Å². The summed E-state index contributed by atoms with van der Waals surface area (Å²) in [6.45, 7) is 0.438. The molecule has 1 aromatic heterocycles. The Bertz CT molecular complexity index is 1180. The molecule has 0 unspecified atom stereocenters. The van der Waals surface area contributed by atoms with Gasteiger partial charge in [-0.3, -0.25) is 24.1 Å². The first-order valence-corrected chi connectivity index (χ1v) is 11.4. The number of nitrogens with one attached hydrogen (secondary N) is 1. The van der Waals surface area contributed by atoms with Gasteiger partial charge in [-0.1, -0.05) is 18.2 Å². The number of carbonyl (C=O) groups is 2. The normalized spacial score (nSPS) is 13.8. The molecule has 3 rings (SSSR count). The predicted molar refractivity (Wildman–Crippen MR) is 115 cm³/mol. The van der Waals surface area contributed by atoms with Crippen LogP contribution in [0.2, 0.25) is 0 Å². The zero-order valence-electron chi connectivity index (χ0n) is 17.6. The maximum atomic E-state index is 12.7. The Hall–Kier alpha value is -3.38. The lowest BCUT2D eigenvalue weighted by Crippen LogP contribution is -2.53. The Labute approximate surface area is 184 Å². The van der Waals surface area contributed by atoms with E-state index in [9.17, 15) is 27.9 Å². The van der Waals surface area contributed by atoms with Crippen molar-refractivity contribution in [2.75, 3.05) is 51.3 Å². The standard InChI is InChI=1S/C20H24N4O7S/c1-22-13-23(9-10-31-2)20(28)16-18(26)17(25)15(12-24(16)22)19(27)21-8-11-32(29,30)14-6-4-3-5-7-14/h3-7,12,26H,8-11,13H2,1-2H3,(H,21,27). The molecule has 0 saturated carbocycles. The molecule has 2 amide bonds. The molecule has 172 valence electrons. The number of fused-ring (bicyclic) bond motifs is 1. The molecule has 1 aromatic carbocycles. The first-order valence-electron chi connectivity index (χ1n) is 9.71. The van der Waals surface area contributed by atoms with Gasteiger partial charge < -0.3 is 20.1 Å². The molecule has 0 aliphatic carbocycles. The second-order valence-corrected chi connectivity index (χ2v) is 9.27. The molecule has 0 spiro atoms. The molecule has 0 radical (unpaired) electrons. The van der Waals surface area contributed by atoms with Crippen LogP contribution in [0, 0.1) is 0 Å². The lowest BCUT2D eigenvalue weighted by atomic mass is 10.1. The third kappa shape index (κ3) is 4.60. The summed E-state index contributed by atoms with van der Waals surface area (Å²) >= 11 is 0. The first-order chi connectivity index (χ1) is 15.2. The molecule has 0 saturated heterocycles. The van der Waals surface area contributed by atoms with Crippen LogP contribution in [-0.2, 0) is 14.6 Å². The van der Waals surface area contributed by atoms with E-state index in [0.29, 0.717) is 0 Å². The number of benzene rings is 1. The Morgan fingerprint density at radius 1 is 1.22 bits per heavy atom. The molecule has 0 atom stereocenters. The number of hydrogen-bond acceptors (Lipinski definition) is 8. The van der Waals surface area contributed by atoms with Crippen molar-refractivity contribution in [1.82, 2.24) is 14.9 Å². The van der Waals surface area contributed by atoms with E-state index in [2.05, 4.69) is 5.32 Å². The number of rotatable bonds is 8. The van der Waals surface area contributed by atoms with Gasteiger partial charge in [0.15, 0.2) is 21.3 Å². The largest absolute Gasteiger partial charge is 0.502 e. The highest BCUT2D eigenvalue weighted by atomic mass is 32.2. The Kier molecular flexibility index (Phi) is 6.84. The molecule has 0 bridgehead atoms. The number of methoxy groups -OCH3 is 1. The molecule has 1 aliphatic heterocycles. The fraction of sp³-hybridized carbons (Fsp3) is 0.350. The summed E-state index contributed by atoms with van der Waals surface area (Å²) in [6, 6.07) is 7.78. The summed E-state index contributed by atoms with van der Waals surface area (Å²) in [5, 5.41) is 14.3. The van der Waals surface area contributed by atoms with Gasteiger partial charge in [-0.25, -0.2) is 8.42 Å². The van der Waals surface area contributed by atoms with Crippen LogP contribution in [-0.4, -0.2) is 81.2 Å². The van der Waals surface area contributed by atoms with Crippen molar-refractivity contribution in [2.24, 2.45) is 0 Å². The lowest BCUT2D eigenvalue weighted by Gasteiger charge is -2.37. The maximum absolute atomic E-state index is 12.7. The van der Waals surface area contributed by atoms with Crippen LogP contribution >= 0.6 is 0 Å². The fourth-order valence-electron chi connectivity index (χ4n) is 3.26. The highest BCUT2D eigenvalue weighted by Crippen LogP contribution is 2.20. The van der Waals surface area contributed by atoms with E-state index in [4.69, 9.17) is 4.74 Å². The molecule has 2 heterocycles. The third-order valence-electron chi connectivity index (χ3n) is 4.97. The Morgan fingerprint density at radius 2 is 1.91 bits per heavy atom. The second kappa shape index (κ2) is 9.40. The van der Waals surface area contributed by atoms with Crippen molar-refractivity contribution in [1.29, 1.82) is 0 Å². The number of sulfone groups is 1. The molecule has 12 heteroatoms. The average Bonchev–Trinajstić information content (AvgIpc) is 2.77. The van der Waals surface area contributed by atoms with Crippen LogP contribution in [0.25, 0.3) is 0 Å². The highest BCUT2D eigenvalue weighted by Gasteiger charge is 2.33. The smallest absolute Gasteiger partial charge is 0.277 e. The van der Waals surface area contributed by atoms with E-state index in [1.165, 1.54) is 28.8 Å². The van der Waals surface area contributed by atoms with Crippen molar-refractivity contribution in [3.8, 4) is 5.75 Å². The SMILES string of the molecule is COCCN1CN(C)n2cc(C(=O)NCCS(=O)(=O)c3ccccc3)c(=O)c(O)c2C1=O. The van der Waals surface area contributed by atoms with Crippen LogP contribution in [0.1, 0.15) is 20.8 Å². The van der Waals surface area contributed by atoms with Crippen LogP contribution in [0.3, 0.4) is 0 Å². The van der Waals surface area contributed by atoms with E-state index < -0.39 is 38.4 Å². The molecular weight excluding hydrogens is 440 g/mol. The number of hydrogen-bond donors (Lipinski definition) is 2. The van der Waals surface area contributed by atoms with Crippen molar-refractivity contribution in [3.63, 3.8) is 0 Å². The minimum atomic E-state index is -3.62. The topological polar surface area (TPSA) is 138 Å². The van der Waals surface area contributed by atoms with E-state index in [1.54, 1.807) is 30.3 Å². The number of aromatic hydroxyl groups is 1.